The first kappa shape index (κ1) is 19.9. The Morgan fingerprint density at radius 3 is 2.67 bits per heavy atom. The molecule has 0 aliphatic rings. The van der Waals surface area contributed by atoms with Crippen LogP contribution in [0, 0.1) is 11.3 Å². The highest BCUT2D eigenvalue weighted by Gasteiger charge is 2.21. The van der Waals surface area contributed by atoms with Gasteiger partial charge < -0.3 is 9.84 Å². The summed E-state index contributed by atoms with van der Waals surface area (Å²) >= 11 is 2.64. The van der Waals surface area contributed by atoms with Crippen LogP contribution in [0.2, 0.25) is 0 Å². The third-order valence-electron chi connectivity index (χ3n) is 4.37. The molecule has 0 spiro atoms. The summed E-state index contributed by atoms with van der Waals surface area (Å²) in [6.07, 6.45) is 0. The van der Waals surface area contributed by atoms with Gasteiger partial charge in [0.15, 0.2) is 5.82 Å². The number of H-pyrrole nitrogens is 1. The van der Waals surface area contributed by atoms with Crippen LogP contribution in [0.5, 0.6) is 5.75 Å². The number of nitrogens with one attached hydrogen (secondary N) is 1. The molecular formula is C21H17N5O2S2. The zero-order chi connectivity index (χ0) is 21.1. The fourth-order valence-electron chi connectivity index (χ4n) is 2.79. The van der Waals surface area contributed by atoms with Crippen molar-refractivity contribution in [1.82, 2.24) is 20.2 Å². The molecule has 0 amide bonds. The van der Waals surface area contributed by atoms with Crippen molar-refractivity contribution in [1.29, 1.82) is 5.26 Å². The lowest BCUT2D eigenvalue weighted by Gasteiger charge is -2.09. The Kier molecular flexibility index (Phi) is 5.70. The van der Waals surface area contributed by atoms with E-state index in [0.29, 0.717) is 16.0 Å². The first-order valence-corrected chi connectivity index (χ1v) is 10.7. The number of fused-ring (bicyclic) bond motifs is 1. The number of aliphatic hydroxyl groups excluding tert-OH is 1. The molecule has 1 atom stereocenters. The number of aromatic nitrogens is 4. The zero-order valence-corrected chi connectivity index (χ0v) is 17.8. The summed E-state index contributed by atoms with van der Waals surface area (Å²) in [6, 6.07) is 17.2. The van der Waals surface area contributed by atoms with Crippen molar-refractivity contribution in [3.63, 3.8) is 0 Å². The number of thiazole rings is 1. The Morgan fingerprint density at radius 1 is 1.20 bits per heavy atom. The standard InChI is InChI=1S/C21H17N5O2S2/c1-12(18(27)15(11-22)20-23-16-5-3-4-6-17(16)30-20)29-21-24-19(25-26-21)13-7-9-14(28-2)10-8-13/h3-10,12,27H,1-2H3,(H,24,25,26)/b18-15+. The summed E-state index contributed by atoms with van der Waals surface area (Å²) < 4.78 is 6.13. The number of hydrogen-bond acceptors (Lipinski definition) is 8. The smallest absolute Gasteiger partial charge is 0.209 e. The van der Waals surface area contributed by atoms with Crippen molar-refractivity contribution >= 4 is 38.9 Å². The van der Waals surface area contributed by atoms with Crippen LogP contribution in [0.4, 0.5) is 0 Å². The van der Waals surface area contributed by atoms with E-state index in [1.807, 2.05) is 48.5 Å². The third-order valence-corrected chi connectivity index (χ3v) is 6.40. The summed E-state index contributed by atoms with van der Waals surface area (Å²) in [4.78, 5) is 8.95. The first-order valence-electron chi connectivity index (χ1n) is 9.01. The van der Waals surface area contributed by atoms with E-state index in [1.54, 1.807) is 14.0 Å². The van der Waals surface area contributed by atoms with Crippen molar-refractivity contribution in [2.75, 3.05) is 7.11 Å². The van der Waals surface area contributed by atoms with Gasteiger partial charge in [-0.2, -0.15) is 5.26 Å². The molecule has 4 aromatic rings. The molecule has 0 aliphatic carbocycles. The largest absolute Gasteiger partial charge is 0.510 e. The Hall–Kier alpha value is -3.35. The van der Waals surface area contributed by atoms with Crippen molar-refractivity contribution in [2.45, 2.75) is 17.3 Å². The Labute approximate surface area is 181 Å². The van der Waals surface area contributed by atoms with Crippen molar-refractivity contribution in [2.24, 2.45) is 0 Å². The predicted octanol–water partition coefficient (Wildman–Crippen LogP) is 5.06. The van der Waals surface area contributed by atoms with Gasteiger partial charge in [0.25, 0.3) is 0 Å². The second-order valence-electron chi connectivity index (χ2n) is 6.31. The van der Waals surface area contributed by atoms with Crippen LogP contribution >= 0.6 is 23.1 Å². The highest BCUT2D eigenvalue weighted by Crippen LogP contribution is 2.33. The average Bonchev–Trinajstić information content (AvgIpc) is 3.41. The molecule has 2 N–H and O–H groups in total. The minimum atomic E-state index is -0.425. The summed E-state index contributed by atoms with van der Waals surface area (Å²) in [7, 11) is 1.61. The fourth-order valence-corrected chi connectivity index (χ4v) is 4.55. The molecule has 0 aliphatic heterocycles. The van der Waals surface area contributed by atoms with E-state index in [-0.39, 0.29) is 11.3 Å². The summed E-state index contributed by atoms with van der Waals surface area (Å²) in [5.74, 6) is 1.33. The Bertz CT molecular complexity index is 1220. The number of rotatable bonds is 6. The number of para-hydroxylation sites is 1. The van der Waals surface area contributed by atoms with Gasteiger partial charge in [0.05, 0.1) is 22.6 Å². The molecule has 0 saturated heterocycles. The minimum Gasteiger partial charge on any atom is -0.510 e. The molecular weight excluding hydrogens is 418 g/mol. The van der Waals surface area contributed by atoms with Crippen molar-refractivity contribution in [3.8, 4) is 23.2 Å². The van der Waals surface area contributed by atoms with Crippen LogP contribution in [0.25, 0.3) is 27.2 Å². The molecule has 30 heavy (non-hydrogen) atoms. The number of benzene rings is 2. The van der Waals surface area contributed by atoms with Crippen LogP contribution in [0.3, 0.4) is 0 Å². The molecule has 2 aromatic heterocycles. The lowest BCUT2D eigenvalue weighted by atomic mass is 10.2. The number of ether oxygens (including phenoxy) is 1. The van der Waals surface area contributed by atoms with Crippen LogP contribution in [-0.4, -0.2) is 37.6 Å². The second kappa shape index (κ2) is 8.57. The molecule has 0 saturated carbocycles. The first-order chi connectivity index (χ1) is 14.6. The van der Waals surface area contributed by atoms with Gasteiger partial charge in [0, 0.05) is 5.56 Å². The van der Waals surface area contributed by atoms with Crippen LogP contribution in [-0.2, 0) is 0 Å². The number of hydrogen-bond donors (Lipinski definition) is 2. The van der Waals surface area contributed by atoms with Crippen LogP contribution < -0.4 is 4.74 Å². The molecule has 4 rings (SSSR count). The molecule has 2 heterocycles. The maximum atomic E-state index is 10.7. The average molecular weight is 436 g/mol. The Balaban J connectivity index is 1.55. The molecule has 7 nitrogen and oxygen atoms in total. The van der Waals surface area contributed by atoms with Crippen molar-refractivity contribution in [3.05, 3.63) is 59.3 Å². The number of nitrogens with zero attached hydrogens (tertiary/aromatic N) is 4. The molecule has 9 heteroatoms. The van der Waals surface area contributed by atoms with E-state index in [4.69, 9.17) is 4.74 Å². The second-order valence-corrected chi connectivity index (χ2v) is 8.65. The molecule has 2 aromatic carbocycles. The number of methoxy groups -OCH3 is 1. The Morgan fingerprint density at radius 2 is 1.97 bits per heavy atom. The molecule has 0 bridgehead atoms. The van der Waals surface area contributed by atoms with E-state index >= 15 is 0 Å². The monoisotopic (exact) mass is 435 g/mol. The summed E-state index contributed by atoms with van der Waals surface area (Å²) in [5, 5.41) is 28.0. The van der Waals surface area contributed by atoms with E-state index in [2.05, 4.69) is 26.2 Å². The van der Waals surface area contributed by atoms with Gasteiger partial charge in [-0.15, -0.1) is 16.4 Å². The lowest BCUT2D eigenvalue weighted by molar-refractivity contribution is 0.402. The van der Waals surface area contributed by atoms with Gasteiger partial charge in [0.1, 0.15) is 28.2 Å². The highest BCUT2D eigenvalue weighted by atomic mass is 32.2. The number of aromatic amines is 1. The zero-order valence-electron chi connectivity index (χ0n) is 16.2. The minimum absolute atomic E-state index is 0.0441. The molecule has 1 unspecified atom stereocenters. The quantitative estimate of drug-likeness (QED) is 0.247. The number of aliphatic hydroxyl groups is 1. The van der Waals surface area contributed by atoms with Crippen molar-refractivity contribution < 1.29 is 9.84 Å². The summed E-state index contributed by atoms with van der Waals surface area (Å²) in [5.41, 5.74) is 1.84. The fraction of sp³-hybridized carbons (Fsp3) is 0.143. The van der Waals surface area contributed by atoms with E-state index in [9.17, 15) is 10.4 Å². The number of thioether (sulfide) groups is 1. The number of allylic oxidation sites excluding steroid dienone is 1. The van der Waals surface area contributed by atoms with E-state index in [1.165, 1.54) is 23.1 Å². The van der Waals surface area contributed by atoms with Gasteiger partial charge in [-0.1, -0.05) is 23.9 Å². The molecule has 150 valence electrons. The van der Waals surface area contributed by atoms with Gasteiger partial charge in [0.2, 0.25) is 5.16 Å². The van der Waals surface area contributed by atoms with Gasteiger partial charge >= 0.3 is 0 Å². The maximum Gasteiger partial charge on any atom is 0.209 e. The van der Waals surface area contributed by atoms with Gasteiger partial charge in [-0.05, 0) is 43.3 Å². The molecule has 0 radical (unpaired) electrons. The third kappa shape index (κ3) is 4.01. The lowest BCUT2D eigenvalue weighted by Crippen LogP contribution is -2.04. The highest BCUT2D eigenvalue weighted by molar-refractivity contribution is 7.99. The van der Waals surface area contributed by atoms with Gasteiger partial charge in [-0.25, -0.2) is 9.97 Å². The molecule has 0 fully saturated rings. The normalized spacial score (nSPS) is 13.0. The summed E-state index contributed by atoms with van der Waals surface area (Å²) in [6.45, 7) is 1.80. The van der Waals surface area contributed by atoms with Crippen LogP contribution in [0.1, 0.15) is 11.9 Å². The maximum absolute atomic E-state index is 10.7. The van der Waals surface area contributed by atoms with E-state index < -0.39 is 5.25 Å². The SMILES string of the molecule is COc1ccc(-c2nc(SC(C)/C(O)=C(/C#N)c3nc4ccccc4s3)n[nH]2)cc1. The van der Waals surface area contributed by atoms with Crippen LogP contribution in [0.15, 0.2) is 59.4 Å². The predicted molar refractivity (Wildman–Crippen MR) is 118 cm³/mol. The van der Waals surface area contributed by atoms with Gasteiger partial charge in [-0.3, -0.25) is 5.10 Å². The topological polar surface area (TPSA) is 108 Å². The van der Waals surface area contributed by atoms with E-state index in [0.717, 1.165) is 21.5 Å². The number of nitriles is 1.